The Morgan fingerprint density at radius 2 is 1.65 bits per heavy atom. The summed E-state index contributed by atoms with van der Waals surface area (Å²) in [5.41, 5.74) is 2.16. The molecule has 0 aromatic heterocycles. The van der Waals surface area contributed by atoms with Crippen molar-refractivity contribution in [3.05, 3.63) is 65.7 Å². The van der Waals surface area contributed by atoms with Gasteiger partial charge in [-0.3, -0.25) is 0 Å². The summed E-state index contributed by atoms with van der Waals surface area (Å²) in [5.74, 6) is 0. The number of thiol groups is 1. The Hall–Kier alpha value is -0.900. The minimum absolute atomic E-state index is 0.309. The molecule has 0 fully saturated rings. The summed E-state index contributed by atoms with van der Waals surface area (Å²) in [4.78, 5) is 20.9. The molecule has 0 radical (unpaired) electrons. The van der Waals surface area contributed by atoms with Gasteiger partial charge in [-0.25, -0.2) is 0 Å². The second-order valence-corrected chi connectivity index (χ2v) is 8.60. The number of benzene rings is 2. The summed E-state index contributed by atoms with van der Waals surface area (Å²) in [7, 11) is 0.453. The van der Waals surface area contributed by atoms with Crippen molar-refractivity contribution >= 4 is 17.7 Å². The molecule has 0 aliphatic rings. The Morgan fingerprint density at radius 3 is 2.35 bits per heavy atom. The van der Waals surface area contributed by atoms with Crippen LogP contribution >= 0.6 is 6.72 Å². The van der Waals surface area contributed by atoms with E-state index in [2.05, 4.69) is 0 Å². The molecule has 3 nitrogen and oxygen atoms in total. The standard InChI is InChI=1S/C15H19O3PS/c1-13-7-5-6-10-15(13)20-19(16,17)18-12-11-14-8-3-2-4-9-14/h2-10,16-17,20H,11-12H2,1H3. The highest BCUT2D eigenvalue weighted by Crippen LogP contribution is 2.41. The molecule has 0 saturated heterocycles. The van der Waals surface area contributed by atoms with Crippen LogP contribution in [-0.4, -0.2) is 16.4 Å². The van der Waals surface area contributed by atoms with Gasteiger partial charge in [0.2, 0.25) is 0 Å². The van der Waals surface area contributed by atoms with Crippen molar-refractivity contribution in [3.63, 3.8) is 0 Å². The van der Waals surface area contributed by atoms with Crippen molar-refractivity contribution in [1.82, 2.24) is 0 Å². The number of hydrogen-bond donors (Lipinski definition) is 3. The summed E-state index contributed by atoms with van der Waals surface area (Å²) in [6.07, 6.45) is 0.674. The predicted molar refractivity (Wildman–Crippen MR) is 85.7 cm³/mol. The summed E-state index contributed by atoms with van der Waals surface area (Å²) in [5, 5.41) is 0. The minimum atomic E-state index is -3.36. The molecule has 0 bridgehead atoms. The van der Waals surface area contributed by atoms with E-state index in [-0.39, 0.29) is 0 Å². The van der Waals surface area contributed by atoms with Gasteiger partial charge in [-0.05, 0) is 30.5 Å². The Kier molecular flexibility index (Phi) is 5.58. The maximum atomic E-state index is 10.0. The van der Waals surface area contributed by atoms with Gasteiger partial charge >= 0.3 is 0 Å². The molecule has 0 atom stereocenters. The van der Waals surface area contributed by atoms with Crippen molar-refractivity contribution in [2.45, 2.75) is 18.2 Å². The lowest BCUT2D eigenvalue weighted by atomic mass is 10.2. The first-order valence-electron chi connectivity index (χ1n) is 6.39. The Morgan fingerprint density at radius 1 is 1.00 bits per heavy atom. The van der Waals surface area contributed by atoms with E-state index in [4.69, 9.17) is 4.52 Å². The van der Waals surface area contributed by atoms with Crippen LogP contribution in [0.2, 0.25) is 0 Å². The summed E-state index contributed by atoms with van der Waals surface area (Å²) < 4.78 is 5.30. The van der Waals surface area contributed by atoms with E-state index in [0.717, 1.165) is 16.0 Å². The van der Waals surface area contributed by atoms with Crippen LogP contribution < -0.4 is 0 Å². The summed E-state index contributed by atoms with van der Waals surface area (Å²) >= 11 is 0. The van der Waals surface area contributed by atoms with Crippen molar-refractivity contribution in [2.75, 3.05) is 6.61 Å². The van der Waals surface area contributed by atoms with Crippen LogP contribution in [0.25, 0.3) is 0 Å². The average Bonchev–Trinajstić information content (AvgIpc) is 2.42. The van der Waals surface area contributed by atoms with Gasteiger partial charge in [0.1, 0.15) is 0 Å². The molecule has 20 heavy (non-hydrogen) atoms. The SMILES string of the molecule is Cc1ccccc1[SH]=P(O)(O)OCCc1ccccc1. The van der Waals surface area contributed by atoms with Crippen molar-refractivity contribution in [2.24, 2.45) is 0 Å². The number of rotatable bonds is 5. The van der Waals surface area contributed by atoms with E-state index in [9.17, 15) is 9.79 Å². The lowest BCUT2D eigenvalue weighted by molar-refractivity contribution is 0.254. The largest absolute Gasteiger partial charge is 0.328 e. The zero-order chi connectivity index (χ0) is 14.4. The van der Waals surface area contributed by atoms with Crippen LogP contribution in [0.15, 0.2) is 59.5 Å². The molecule has 0 spiro atoms. The van der Waals surface area contributed by atoms with Gasteiger partial charge in [-0.2, -0.15) is 0 Å². The van der Waals surface area contributed by atoms with Crippen LogP contribution in [0, 0.1) is 6.92 Å². The first-order valence-corrected chi connectivity index (χ1v) is 9.60. The van der Waals surface area contributed by atoms with Gasteiger partial charge < -0.3 is 14.3 Å². The fourth-order valence-electron chi connectivity index (χ4n) is 1.78. The lowest BCUT2D eigenvalue weighted by Crippen LogP contribution is -1.98. The first-order chi connectivity index (χ1) is 9.57. The third-order valence-corrected chi connectivity index (χ3v) is 6.13. The zero-order valence-corrected chi connectivity index (χ0v) is 13.1. The summed E-state index contributed by atoms with van der Waals surface area (Å²) in [6.45, 7) is -1.10. The molecule has 2 aromatic carbocycles. The zero-order valence-electron chi connectivity index (χ0n) is 11.3. The van der Waals surface area contributed by atoms with Crippen LogP contribution in [0.5, 0.6) is 0 Å². The molecule has 5 heteroatoms. The quantitative estimate of drug-likeness (QED) is 0.587. The number of hydrogen-bond acceptors (Lipinski definition) is 1. The molecule has 2 N–H and O–H groups in total. The predicted octanol–water partition coefficient (Wildman–Crippen LogP) is 3.09. The second kappa shape index (κ2) is 7.21. The Labute approximate surface area is 123 Å². The molecular weight excluding hydrogens is 291 g/mol. The van der Waals surface area contributed by atoms with Crippen LogP contribution in [0.3, 0.4) is 0 Å². The Balaban J connectivity index is 1.99. The van der Waals surface area contributed by atoms with Gasteiger partial charge in [0.15, 0.2) is 0 Å². The van der Waals surface area contributed by atoms with E-state index in [0.29, 0.717) is 24.0 Å². The molecule has 108 valence electrons. The molecule has 2 rings (SSSR count). The maximum Gasteiger partial charge on any atom is 0.281 e. The molecule has 0 aliphatic heterocycles. The molecule has 0 saturated carbocycles. The van der Waals surface area contributed by atoms with Gasteiger partial charge in [-0.1, -0.05) is 59.5 Å². The molecule has 0 heterocycles. The lowest BCUT2D eigenvalue weighted by Gasteiger charge is -2.13. The van der Waals surface area contributed by atoms with Crippen molar-refractivity contribution < 1.29 is 14.3 Å². The van der Waals surface area contributed by atoms with Crippen LogP contribution in [0.4, 0.5) is 0 Å². The van der Waals surface area contributed by atoms with Gasteiger partial charge in [-0.15, -0.1) is 0 Å². The molecule has 2 aromatic rings. The van der Waals surface area contributed by atoms with Crippen LogP contribution in [-0.2, 0) is 21.9 Å². The smallest absolute Gasteiger partial charge is 0.281 e. The highest BCUT2D eigenvalue weighted by atomic mass is 32.5. The monoisotopic (exact) mass is 310 g/mol. The minimum Gasteiger partial charge on any atom is -0.328 e. The van der Waals surface area contributed by atoms with E-state index in [1.165, 1.54) is 0 Å². The van der Waals surface area contributed by atoms with Crippen molar-refractivity contribution in [1.29, 1.82) is 0 Å². The summed E-state index contributed by atoms with van der Waals surface area (Å²) in [6, 6.07) is 17.5. The second-order valence-electron chi connectivity index (χ2n) is 4.47. The van der Waals surface area contributed by atoms with E-state index < -0.39 is 6.72 Å². The fraction of sp³-hybridized carbons (Fsp3) is 0.200. The molecule has 0 aliphatic carbocycles. The fourth-order valence-corrected chi connectivity index (χ4v) is 4.77. The van der Waals surface area contributed by atoms with E-state index in [1.54, 1.807) is 0 Å². The average molecular weight is 310 g/mol. The van der Waals surface area contributed by atoms with Gasteiger partial charge in [0.05, 0.1) is 6.61 Å². The molecular formula is C15H19O3PS. The van der Waals surface area contributed by atoms with E-state index in [1.807, 2.05) is 61.5 Å². The Bertz CT molecular complexity index is 608. The van der Waals surface area contributed by atoms with Gasteiger partial charge in [0.25, 0.3) is 6.72 Å². The third kappa shape index (κ3) is 4.89. The first kappa shape index (κ1) is 15.5. The topological polar surface area (TPSA) is 49.7 Å². The maximum absolute atomic E-state index is 10.0. The highest BCUT2D eigenvalue weighted by Gasteiger charge is 2.10. The number of aryl methyl sites for hydroxylation is 1. The molecule has 0 unspecified atom stereocenters. The van der Waals surface area contributed by atoms with Crippen LogP contribution in [0.1, 0.15) is 11.1 Å². The molecule has 0 amide bonds. The highest BCUT2D eigenvalue weighted by molar-refractivity contribution is 8.16. The van der Waals surface area contributed by atoms with Gasteiger partial charge in [0, 0.05) is 4.90 Å². The third-order valence-electron chi connectivity index (χ3n) is 2.85. The van der Waals surface area contributed by atoms with Crippen molar-refractivity contribution in [3.8, 4) is 0 Å². The normalized spacial score (nSPS) is 11.6. The van der Waals surface area contributed by atoms with E-state index >= 15 is 0 Å².